The minimum atomic E-state index is -0.160. The highest BCUT2D eigenvalue weighted by molar-refractivity contribution is 5.90. The van der Waals surface area contributed by atoms with Gasteiger partial charge in [-0.2, -0.15) is 0 Å². The maximum atomic E-state index is 11.2. The SMILES string of the molecule is CC(=O)Nc1ccc2c(C)cc(-c3nc4ccccc4[nH]3)nc2n1. The standard InChI is InChI=1S/C18H15N5O/c1-10-9-15(18-20-13-5-3-4-6-14(13)21-18)22-17-12(10)7-8-16(23-17)19-11(2)24/h3-9H,1-2H3,(H,20,21)(H,19,22,23,24). The molecule has 4 rings (SSSR count). The second-order valence-corrected chi connectivity index (χ2v) is 5.68. The Morgan fingerprint density at radius 1 is 1.08 bits per heavy atom. The van der Waals surface area contributed by atoms with Gasteiger partial charge in [-0.25, -0.2) is 15.0 Å². The number of hydrogen-bond acceptors (Lipinski definition) is 4. The summed E-state index contributed by atoms with van der Waals surface area (Å²) in [5, 5.41) is 3.63. The second-order valence-electron chi connectivity index (χ2n) is 5.68. The molecule has 0 atom stereocenters. The number of fused-ring (bicyclic) bond motifs is 2. The minimum Gasteiger partial charge on any atom is -0.337 e. The molecular weight excluding hydrogens is 302 g/mol. The maximum absolute atomic E-state index is 11.2. The molecule has 0 fully saturated rings. The molecule has 0 aliphatic heterocycles. The average Bonchev–Trinajstić information content (AvgIpc) is 2.98. The number of nitrogens with one attached hydrogen (secondary N) is 2. The predicted octanol–water partition coefficient (Wildman–Crippen LogP) is 3.44. The number of carbonyl (C=O) groups excluding carboxylic acids is 1. The largest absolute Gasteiger partial charge is 0.337 e. The second kappa shape index (κ2) is 5.42. The highest BCUT2D eigenvalue weighted by Gasteiger charge is 2.11. The third-order valence-corrected chi connectivity index (χ3v) is 3.82. The van der Waals surface area contributed by atoms with Gasteiger partial charge in [-0.3, -0.25) is 4.79 Å². The number of benzene rings is 1. The van der Waals surface area contributed by atoms with E-state index in [0.29, 0.717) is 17.3 Å². The van der Waals surface area contributed by atoms with E-state index in [4.69, 9.17) is 0 Å². The van der Waals surface area contributed by atoms with Gasteiger partial charge in [0.1, 0.15) is 11.5 Å². The molecule has 0 unspecified atom stereocenters. The van der Waals surface area contributed by atoms with E-state index in [2.05, 4.69) is 25.3 Å². The maximum Gasteiger partial charge on any atom is 0.222 e. The predicted molar refractivity (Wildman–Crippen MR) is 93.7 cm³/mol. The average molecular weight is 317 g/mol. The smallest absolute Gasteiger partial charge is 0.222 e. The van der Waals surface area contributed by atoms with Crippen molar-refractivity contribution in [1.29, 1.82) is 0 Å². The number of carbonyl (C=O) groups is 1. The van der Waals surface area contributed by atoms with Gasteiger partial charge in [0, 0.05) is 12.3 Å². The normalized spacial score (nSPS) is 11.1. The molecule has 2 N–H and O–H groups in total. The number of nitrogens with zero attached hydrogens (tertiary/aromatic N) is 3. The quantitative estimate of drug-likeness (QED) is 0.593. The first kappa shape index (κ1) is 14.3. The molecule has 0 bridgehead atoms. The van der Waals surface area contributed by atoms with Crippen molar-refractivity contribution in [3.8, 4) is 11.5 Å². The number of anilines is 1. The Kier molecular flexibility index (Phi) is 3.23. The van der Waals surface area contributed by atoms with Gasteiger partial charge >= 0.3 is 0 Å². The molecule has 4 aromatic rings. The molecule has 0 aliphatic rings. The van der Waals surface area contributed by atoms with Crippen LogP contribution in [-0.4, -0.2) is 25.8 Å². The third-order valence-electron chi connectivity index (χ3n) is 3.82. The van der Waals surface area contributed by atoms with E-state index in [9.17, 15) is 4.79 Å². The number of imidazole rings is 1. The number of H-pyrrole nitrogens is 1. The number of hydrogen-bond donors (Lipinski definition) is 2. The summed E-state index contributed by atoms with van der Waals surface area (Å²) in [6.07, 6.45) is 0. The molecule has 1 aromatic carbocycles. The fourth-order valence-corrected chi connectivity index (χ4v) is 2.72. The Hall–Kier alpha value is -3.28. The lowest BCUT2D eigenvalue weighted by atomic mass is 10.1. The van der Waals surface area contributed by atoms with Crippen molar-refractivity contribution < 1.29 is 4.79 Å². The Bertz CT molecular complexity index is 1050. The van der Waals surface area contributed by atoms with Crippen molar-refractivity contribution in [3.05, 3.63) is 48.0 Å². The number of amides is 1. The molecule has 24 heavy (non-hydrogen) atoms. The van der Waals surface area contributed by atoms with E-state index >= 15 is 0 Å². The Morgan fingerprint density at radius 3 is 2.71 bits per heavy atom. The van der Waals surface area contributed by atoms with Crippen LogP contribution in [0.4, 0.5) is 5.82 Å². The molecular formula is C18H15N5O. The minimum absolute atomic E-state index is 0.160. The van der Waals surface area contributed by atoms with Gasteiger partial charge < -0.3 is 10.3 Å². The highest BCUT2D eigenvalue weighted by atomic mass is 16.1. The summed E-state index contributed by atoms with van der Waals surface area (Å²) in [5.41, 5.74) is 4.22. The lowest BCUT2D eigenvalue weighted by Gasteiger charge is -2.06. The third kappa shape index (κ3) is 2.48. The zero-order chi connectivity index (χ0) is 16.7. The molecule has 0 saturated carbocycles. The van der Waals surface area contributed by atoms with Crippen molar-refractivity contribution in [2.45, 2.75) is 13.8 Å². The van der Waals surface area contributed by atoms with Gasteiger partial charge in [-0.05, 0) is 42.8 Å². The summed E-state index contributed by atoms with van der Waals surface area (Å²) in [6.45, 7) is 3.46. The number of aromatic nitrogens is 4. The zero-order valence-corrected chi connectivity index (χ0v) is 13.3. The van der Waals surface area contributed by atoms with E-state index < -0.39 is 0 Å². The Labute approximate surface area is 138 Å². The van der Waals surface area contributed by atoms with Crippen molar-refractivity contribution in [2.24, 2.45) is 0 Å². The molecule has 0 saturated heterocycles. The van der Waals surface area contributed by atoms with Crippen LogP contribution >= 0.6 is 0 Å². The first-order chi connectivity index (χ1) is 11.6. The fraction of sp³-hybridized carbons (Fsp3) is 0.111. The van der Waals surface area contributed by atoms with Gasteiger partial charge in [0.15, 0.2) is 11.5 Å². The summed E-state index contributed by atoms with van der Waals surface area (Å²) in [7, 11) is 0. The number of para-hydroxylation sites is 2. The van der Waals surface area contributed by atoms with Crippen LogP contribution in [0.2, 0.25) is 0 Å². The Morgan fingerprint density at radius 2 is 1.92 bits per heavy atom. The van der Waals surface area contributed by atoms with Gasteiger partial charge in [0.25, 0.3) is 0 Å². The zero-order valence-electron chi connectivity index (χ0n) is 13.3. The molecule has 6 nitrogen and oxygen atoms in total. The van der Waals surface area contributed by atoms with Crippen LogP contribution in [0.3, 0.4) is 0 Å². The van der Waals surface area contributed by atoms with Crippen LogP contribution in [0.25, 0.3) is 33.6 Å². The van der Waals surface area contributed by atoms with Crippen LogP contribution in [0, 0.1) is 6.92 Å². The first-order valence-corrected chi connectivity index (χ1v) is 7.61. The molecule has 0 spiro atoms. The monoisotopic (exact) mass is 317 g/mol. The molecule has 6 heteroatoms. The van der Waals surface area contributed by atoms with Gasteiger partial charge in [-0.1, -0.05) is 12.1 Å². The molecule has 118 valence electrons. The van der Waals surface area contributed by atoms with E-state index in [1.165, 1.54) is 6.92 Å². The highest BCUT2D eigenvalue weighted by Crippen LogP contribution is 2.24. The van der Waals surface area contributed by atoms with Crippen LogP contribution in [-0.2, 0) is 4.79 Å². The molecule has 3 aromatic heterocycles. The molecule has 1 amide bonds. The van der Waals surface area contributed by atoms with Crippen LogP contribution in [0.15, 0.2) is 42.5 Å². The molecule has 0 aliphatic carbocycles. The van der Waals surface area contributed by atoms with Crippen LogP contribution < -0.4 is 5.32 Å². The fourth-order valence-electron chi connectivity index (χ4n) is 2.72. The van der Waals surface area contributed by atoms with Crippen molar-refractivity contribution in [3.63, 3.8) is 0 Å². The van der Waals surface area contributed by atoms with Gasteiger partial charge in [0.2, 0.25) is 5.91 Å². The molecule has 0 radical (unpaired) electrons. The lowest BCUT2D eigenvalue weighted by Crippen LogP contribution is -2.07. The van der Waals surface area contributed by atoms with E-state index in [1.54, 1.807) is 6.07 Å². The summed E-state index contributed by atoms with van der Waals surface area (Å²) in [4.78, 5) is 28.1. The summed E-state index contributed by atoms with van der Waals surface area (Å²) in [5.74, 6) is 1.03. The van der Waals surface area contributed by atoms with Crippen molar-refractivity contribution in [1.82, 2.24) is 19.9 Å². The van der Waals surface area contributed by atoms with Crippen LogP contribution in [0.1, 0.15) is 12.5 Å². The summed E-state index contributed by atoms with van der Waals surface area (Å²) >= 11 is 0. The number of aryl methyl sites for hydroxylation is 1. The van der Waals surface area contributed by atoms with E-state index in [1.807, 2.05) is 43.3 Å². The van der Waals surface area contributed by atoms with E-state index in [0.717, 1.165) is 27.7 Å². The molecule has 3 heterocycles. The van der Waals surface area contributed by atoms with E-state index in [-0.39, 0.29) is 5.91 Å². The summed E-state index contributed by atoms with van der Waals surface area (Å²) < 4.78 is 0. The van der Waals surface area contributed by atoms with Crippen LogP contribution in [0.5, 0.6) is 0 Å². The summed E-state index contributed by atoms with van der Waals surface area (Å²) in [6, 6.07) is 13.5. The topological polar surface area (TPSA) is 83.6 Å². The van der Waals surface area contributed by atoms with Crippen molar-refractivity contribution >= 4 is 33.8 Å². The first-order valence-electron chi connectivity index (χ1n) is 7.61. The lowest BCUT2D eigenvalue weighted by molar-refractivity contribution is -0.114. The number of rotatable bonds is 2. The number of aromatic amines is 1. The number of pyridine rings is 2. The Balaban J connectivity index is 1.87. The van der Waals surface area contributed by atoms with Gasteiger partial charge in [0.05, 0.1) is 11.0 Å². The van der Waals surface area contributed by atoms with Crippen molar-refractivity contribution in [2.75, 3.05) is 5.32 Å². The van der Waals surface area contributed by atoms with Gasteiger partial charge in [-0.15, -0.1) is 0 Å².